The molecule has 0 bridgehead atoms. The molecule has 0 aliphatic rings. The number of fused-ring (bicyclic) bond motifs is 1. The summed E-state index contributed by atoms with van der Waals surface area (Å²) in [6, 6.07) is 15.5. The van der Waals surface area contributed by atoms with Gasteiger partial charge in [-0.15, -0.1) is 0 Å². The van der Waals surface area contributed by atoms with Gasteiger partial charge in [-0.25, -0.2) is 0 Å². The second-order valence-electron chi connectivity index (χ2n) is 4.82. The van der Waals surface area contributed by atoms with Crippen LogP contribution in [-0.2, 0) is 6.42 Å². The molecule has 3 rings (SSSR count). The van der Waals surface area contributed by atoms with Crippen LogP contribution in [0.2, 0.25) is 5.02 Å². The van der Waals surface area contributed by atoms with Gasteiger partial charge in [-0.05, 0) is 23.8 Å². The molecule has 0 fully saturated rings. The van der Waals surface area contributed by atoms with E-state index in [0.717, 1.165) is 34.3 Å². The molecule has 3 aromatic rings. The summed E-state index contributed by atoms with van der Waals surface area (Å²) >= 11 is 5.94. The van der Waals surface area contributed by atoms with Crippen molar-refractivity contribution in [3.8, 4) is 0 Å². The SMILES string of the molecule is CCc1oc2ccccc2c1C(N)c1ccc(Cl)cc1. The molecule has 2 nitrogen and oxygen atoms in total. The van der Waals surface area contributed by atoms with Crippen molar-refractivity contribution in [3.05, 3.63) is 70.4 Å². The summed E-state index contributed by atoms with van der Waals surface area (Å²) in [6.45, 7) is 2.08. The highest BCUT2D eigenvalue weighted by atomic mass is 35.5. The van der Waals surface area contributed by atoms with Gasteiger partial charge in [0, 0.05) is 22.4 Å². The third-order valence-corrected chi connectivity index (χ3v) is 3.82. The van der Waals surface area contributed by atoms with Crippen LogP contribution in [0.3, 0.4) is 0 Å². The molecule has 1 atom stereocenters. The van der Waals surface area contributed by atoms with Crippen LogP contribution >= 0.6 is 11.6 Å². The second-order valence-corrected chi connectivity index (χ2v) is 5.25. The van der Waals surface area contributed by atoms with Gasteiger partial charge in [-0.2, -0.15) is 0 Å². The van der Waals surface area contributed by atoms with Crippen LogP contribution in [0, 0.1) is 0 Å². The van der Waals surface area contributed by atoms with Gasteiger partial charge in [0.2, 0.25) is 0 Å². The van der Waals surface area contributed by atoms with Crippen LogP contribution in [0.25, 0.3) is 11.0 Å². The van der Waals surface area contributed by atoms with E-state index in [0.29, 0.717) is 5.02 Å². The molecule has 1 aromatic heterocycles. The zero-order chi connectivity index (χ0) is 14.1. The first-order valence-corrected chi connectivity index (χ1v) is 7.10. The Bertz CT molecular complexity index is 730. The van der Waals surface area contributed by atoms with Crippen LogP contribution in [-0.4, -0.2) is 0 Å². The molecule has 0 spiro atoms. The monoisotopic (exact) mass is 285 g/mol. The summed E-state index contributed by atoms with van der Waals surface area (Å²) < 4.78 is 5.91. The zero-order valence-electron chi connectivity index (χ0n) is 11.3. The molecule has 102 valence electrons. The second kappa shape index (κ2) is 5.31. The van der Waals surface area contributed by atoms with Crippen molar-refractivity contribution >= 4 is 22.6 Å². The molecule has 1 unspecified atom stereocenters. The first kappa shape index (κ1) is 13.2. The maximum Gasteiger partial charge on any atom is 0.134 e. The lowest BCUT2D eigenvalue weighted by atomic mass is 9.96. The number of furan rings is 1. The van der Waals surface area contributed by atoms with E-state index in [1.807, 2.05) is 42.5 Å². The third-order valence-electron chi connectivity index (χ3n) is 3.57. The zero-order valence-corrected chi connectivity index (χ0v) is 12.0. The van der Waals surface area contributed by atoms with Crippen LogP contribution in [0.4, 0.5) is 0 Å². The Morgan fingerprint density at radius 3 is 2.50 bits per heavy atom. The Kier molecular flexibility index (Phi) is 3.51. The van der Waals surface area contributed by atoms with Crippen LogP contribution in [0.1, 0.15) is 29.9 Å². The minimum Gasteiger partial charge on any atom is -0.461 e. The first-order valence-electron chi connectivity index (χ1n) is 6.72. The molecule has 0 aliphatic carbocycles. The molecule has 20 heavy (non-hydrogen) atoms. The number of halogens is 1. The highest BCUT2D eigenvalue weighted by Gasteiger charge is 2.20. The van der Waals surface area contributed by atoms with E-state index < -0.39 is 0 Å². The number of rotatable bonds is 3. The molecule has 2 aromatic carbocycles. The van der Waals surface area contributed by atoms with Gasteiger partial charge in [0.15, 0.2) is 0 Å². The summed E-state index contributed by atoms with van der Waals surface area (Å²) in [4.78, 5) is 0. The summed E-state index contributed by atoms with van der Waals surface area (Å²) in [5.74, 6) is 0.952. The number of aryl methyl sites for hydroxylation is 1. The number of nitrogens with two attached hydrogens (primary N) is 1. The summed E-state index contributed by atoms with van der Waals surface area (Å²) in [6.07, 6.45) is 0.825. The highest BCUT2D eigenvalue weighted by molar-refractivity contribution is 6.30. The number of benzene rings is 2. The predicted molar refractivity (Wildman–Crippen MR) is 83.1 cm³/mol. The Morgan fingerprint density at radius 2 is 1.80 bits per heavy atom. The Labute approximate surface area is 123 Å². The standard InChI is InChI=1S/C17H16ClNO/c1-2-14-16(13-5-3-4-6-15(13)20-14)17(19)11-7-9-12(18)10-8-11/h3-10,17H,2,19H2,1H3. The molecular formula is C17H16ClNO. The fourth-order valence-electron chi connectivity index (χ4n) is 2.56. The van der Waals surface area contributed by atoms with Crippen LogP contribution in [0.15, 0.2) is 52.9 Å². The van der Waals surface area contributed by atoms with Crippen molar-refractivity contribution in [2.75, 3.05) is 0 Å². The van der Waals surface area contributed by atoms with Gasteiger partial charge in [0.1, 0.15) is 11.3 Å². The van der Waals surface area contributed by atoms with Crippen molar-refractivity contribution in [1.82, 2.24) is 0 Å². The van der Waals surface area contributed by atoms with E-state index in [1.165, 1.54) is 0 Å². The van der Waals surface area contributed by atoms with E-state index in [1.54, 1.807) is 0 Å². The summed E-state index contributed by atoms with van der Waals surface area (Å²) in [5, 5.41) is 1.81. The van der Waals surface area contributed by atoms with Crippen molar-refractivity contribution in [2.24, 2.45) is 5.73 Å². The third kappa shape index (κ3) is 2.21. The number of hydrogen-bond acceptors (Lipinski definition) is 2. The maximum absolute atomic E-state index is 6.45. The molecule has 3 heteroatoms. The van der Waals surface area contributed by atoms with Crippen molar-refractivity contribution in [1.29, 1.82) is 0 Å². The lowest BCUT2D eigenvalue weighted by Gasteiger charge is -2.13. The van der Waals surface area contributed by atoms with Gasteiger partial charge in [-0.1, -0.05) is 48.9 Å². The summed E-state index contributed by atoms with van der Waals surface area (Å²) in [5.41, 5.74) is 9.45. The Morgan fingerprint density at radius 1 is 1.10 bits per heavy atom. The predicted octanol–water partition coefficient (Wildman–Crippen LogP) is 4.70. The molecule has 0 aliphatic heterocycles. The van der Waals surface area contributed by atoms with Gasteiger partial charge in [0.25, 0.3) is 0 Å². The van der Waals surface area contributed by atoms with Crippen LogP contribution < -0.4 is 5.73 Å². The van der Waals surface area contributed by atoms with Crippen LogP contribution in [0.5, 0.6) is 0 Å². The fraction of sp³-hybridized carbons (Fsp3) is 0.176. The molecule has 0 amide bonds. The average molecular weight is 286 g/mol. The van der Waals surface area contributed by atoms with E-state index in [4.69, 9.17) is 21.8 Å². The number of hydrogen-bond donors (Lipinski definition) is 1. The molecule has 0 radical (unpaired) electrons. The molecular weight excluding hydrogens is 270 g/mol. The fourth-order valence-corrected chi connectivity index (χ4v) is 2.68. The minimum atomic E-state index is -0.203. The quantitative estimate of drug-likeness (QED) is 0.758. The largest absolute Gasteiger partial charge is 0.461 e. The van der Waals surface area contributed by atoms with Crippen molar-refractivity contribution in [2.45, 2.75) is 19.4 Å². The van der Waals surface area contributed by atoms with Crippen molar-refractivity contribution in [3.63, 3.8) is 0 Å². The molecule has 0 saturated heterocycles. The van der Waals surface area contributed by atoms with Gasteiger partial charge >= 0.3 is 0 Å². The normalized spacial score (nSPS) is 12.8. The smallest absolute Gasteiger partial charge is 0.134 e. The topological polar surface area (TPSA) is 39.2 Å². The van der Waals surface area contributed by atoms with E-state index in [-0.39, 0.29) is 6.04 Å². The Balaban J connectivity index is 2.15. The molecule has 0 saturated carbocycles. The summed E-state index contributed by atoms with van der Waals surface area (Å²) in [7, 11) is 0. The van der Waals surface area contributed by atoms with Gasteiger partial charge in [0.05, 0.1) is 6.04 Å². The maximum atomic E-state index is 6.45. The van der Waals surface area contributed by atoms with Gasteiger partial charge in [-0.3, -0.25) is 0 Å². The van der Waals surface area contributed by atoms with E-state index >= 15 is 0 Å². The van der Waals surface area contributed by atoms with Gasteiger partial charge < -0.3 is 10.2 Å². The molecule has 1 heterocycles. The highest BCUT2D eigenvalue weighted by Crippen LogP contribution is 2.33. The number of para-hydroxylation sites is 1. The Hall–Kier alpha value is -1.77. The van der Waals surface area contributed by atoms with E-state index in [2.05, 4.69) is 13.0 Å². The lowest BCUT2D eigenvalue weighted by molar-refractivity contribution is 0.546. The molecule has 2 N–H and O–H groups in total. The first-order chi connectivity index (χ1) is 9.70. The van der Waals surface area contributed by atoms with E-state index in [9.17, 15) is 0 Å². The average Bonchev–Trinajstić information content (AvgIpc) is 2.85. The van der Waals surface area contributed by atoms with Crippen molar-refractivity contribution < 1.29 is 4.42 Å². The lowest BCUT2D eigenvalue weighted by Crippen LogP contribution is -2.13. The minimum absolute atomic E-state index is 0.203.